The monoisotopic (exact) mass is 355 g/mol. The number of ketones is 1. The van der Waals surface area contributed by atoms with E-state index in [4.69, 9.17) is 0 Å². The second kappa shape index (κ2) is 6.76. The summed E-state index contributed by atoms with van der Waals surface area (Å²) >= 11 is 0. The van der Waals surface area contributed by atoms with Gasteiger partial charge in [-0.2, -0.15) is 0 Å². The summed E-state index contributed by atoms with van der Waals surface area (Å²) in [4.78, 5) is 12.5. The van der Waals surface area contributed by atoms with Gasteiger partial charge < -0.3 is 9.67 Å². The maximum Gasteiger partial charge on any atom is 0.189 e. The van der Waals surface area contributed by atoms with Gasteiger partial charge >= 0.3 is 0 Å². The first kappa shape index (κ1) is 17.1. The quantitative estimate of drug-likeness (QED) is 0.375. The van der Waals surface area contributed by atoms with E-state index in [1.165, 1.54) is 27.9 Å². The van der Waals surface area contributed by atoms with E-state index >= 15 is 0 Å². The number of rotatable bonds is 4. The number of aromatic nitrogens is 1. The summed E-state index contributed by atoms with van der Waals surface area (Å²) < 4.78 is 2.30. The number of aromatic hydroxyl groups is 1. The van der Waals surface area contributed by atoms with Crippen molar-refractivity contribution in [2.24, 2.45) is 0 Å². The third-order valence-electron chi connectivity index (χ3n) is 4.96. The van der Waals surface area contributed by atoms with E-state index < -0.39 is 0 Å². The molecule has 0 saturated heterocycles. The number of benzene rings is 3. The Kier molecular flexibility index (Phi) is 4.28. The molecule has 3 aromatic carbocycles. The number of phenols is 1. The molecule has 3 heteroatoms. The fourth-order valence-electron chi connectivity index (χ4n) is 3.62. The van der Waals surface area contributed by atoms with Gasteiger partial charge in [0.25, 0.3) is 0 Å². The Labute approximate surface area is 158 Å². The summed E-state index contributed by atoms with van der Waals surface area (Å²) in [6.45, 7) is 4.95. The number of allylic oxidation sites excluding steroid dienone is 1. The van der Waals surface area contributed by atoms with Crippen molar-refractivity contribution < 1.29 is 9.90 Å². The molecule has 0 fully saturated rings. The van der Waals surface area contributed by atoms with E-state index in [0.29, 0.717) is 5.56 Å². The second-order valence-corrected chi connectivity index (χ2v) is 6.76. The van der Waals surface area contributed by atoms with E-state index in [2.05, 4.69) is 41.8 Å². The van der Waals surface area contributed by atoms with E-state index in [0.717, 1.165) is 17.7 Å². The molecular formula is C24H21NO2. The lowest BCUT2D eigenvalue weighted by Crippen LogP contribution is -1.95. The molecule has 1 N–H and O–H groups in total. The summed E-state index contributed by atoms with van der Waals surface area (Å²) in [5.74, 6) is -0.191. The Morgan fingerprint density at radius 3 is 2.59 bits per heavy atom. The number of carbonyl (C=O) groups excluding carboxylic acids is 1. The number of carbonyl (C=O) groups is 1. The SMILES string of the molecule is CCn1c2ccccc2c2cc(/C=C/C(=O)c3cc(C)ccc3O)ccc21. The molecule has 0 bridgehead atoms. The Hall–Kier alpha value is -3.33. The molecule has 0 unspecified atom stereocenters. The molecule has 0 aliphatic heterocycles. The number of nitrogens with zero attached hydrogens (tertiary/aromatic N) is 1. The molecule has 27 heavy (non-hydrogen) atoms. The number of phenolic OH excluding ortho intramolecular Hbond substituents is 1. The van der Waals surface area contributed by atoms with Gasteiger partial charge in [0, 0.05) is 28.4 Å². The van der Waals surface area contributed by atoms with E-state index in [1.807, 2.05) is 25.1 Å². The molecule has 1 aromatic heterocycles. The first-order valence-corrected chi connectivity index (χ1v) is 9.11. The van der Waals surface area contributed by atoms with Crippen molar-refractivity contribution in [2.45, 2.75) is 20.4 Å². The first-order chi connectivity index (χ1) is 13.1. The van der Waals surface area contributed by atoms with Crippen LogP contribution < -0.4 is 0 Å². The number of hydrogen-bond acceptors (Lipinski definition) is 2. The minimum Gasteiger partial charge on any atom is -0.507 e. The Bertz CT molecular complexity index is 1200. The largest absolute Gasteiger partial charge is 0.507 e. The summed E-state index contributed by atoms with van der Waals surface area (Å²) in [6.07, 6.45) is 3.33. The van der Waals surface area contributed by atoms with Gasteiger partial charge in [-0.25, -0.2) is 0 Å². The third-order valence-corrected chi connectivity index (χ3v) is 4.96. The fraction of sp³-hybridized carbons (Fsp3) is 0.125. The molecule has 0 spiro atoms. The van der Waals surface area contributed by atoms with E-state index in [1.54, 1.807) is 18.2 Å². The van der Waals surface area contributed by atoms with Crippen molar-refractivity contribution in [3.8, 4) is 5.75 Å². The average Bonchev–Trinajstić information content (AvgIpc) is 3.01. The molecule has 0 atom stereocenters. The van der Waals surface area contributed by atoms with Crippen LogP contribution in [0.5, 0.6) is 5.75 Å². The highest BCUT2D eigenvalue weighted by atomic mass is 16.3. The zero-order valence-electron chi connectivity index (χ0n) is 15.4. The number of aryl methyl sites for hydroxylation is 2. The number of hydrogen-bond donors (Lipinski definition) is 1. The molecule has 4 rings (SSSR count). The predicted octanol–water partition coefficient (Wildman–Crippen LogP) is 5.72. The lowest BCUT2D eigenvalue weighted by atomic mass is 10.0. The molecular weight excluding hydrogens is 334 g/mol. The van der Waals surface area contributed by atoms with Crippen LogP contribution in [0.25, 0.3) is 27.9 Å². The molecule has 1 heterocycles. The minimum atomic E-state index is -0.202. The Balaban J connectivity index is 1.74. The van der Waals surface area contributed by atoms with Gasteiger partial charge in [-0.1, -0.05) is 42.0 Å². The molecule has 0 aliphatic rings. The number of para-hydroxylation sites is 1. The van der Waals surface area contributed by atoms with Crippen molar-refractivity contribution in [1.82, 2.24) is 4.57 Å². The van der Waals surface area contributed by atoms with Crippen LogP contribution in [-0.4, -0.2) is 15.5 Å². The van der Waals surface area contributed by atoms with Crippen LogP contribution >= 0.6 is 0 Å². The normalized spacial score (nSPS) is 11.6. The van der Waals surface area contributed by atoms with Gasteiger partial charge in [-0.05, 0) is 55.8 Å². The van der Waals surface area contributed by atoms with Crippen LogP contribution in [0.1, 0.15) is 28.4 Å². The van der Waals surface area contributed by atoms with Crippen LogP contribution in [0.3, 0.4) is 0 Å². The molecule has 0 amide bonds. The lowest BCUT2D eigenvalue weighted by Gasteiger charge is -2.03. The molecule has 3 nitrogen and oxygen atoms in total. The molecule has 0 radical (unpaired) electrons. The highest BCUT2D eigenvalue weighted by Gasteiger charge is 2.10. The molecule has 134 valence electrons. The number of fused-ring (bicyclic) bond motifs is 3. The van der Waals surface area contributed by atoms with E-state index in [-0.39, 0.29) is 11.5 Å². The van der Waals surface area contributed by atoms with Crippen molar-refractivity contribution in [3.63, 3.8) is 0 Å². The van der Waals surface area contributed by atoms with Crippen molar-refractivity contribution in [2.75, 3.05) is 0 Å². The van der Waals surface area contributed by atoms with Crippen LogP contribution in [0.15, 0.2) is 66.7 Å². The van der Waals surface area contributed by atoms with Crippen LogP contribution in [0, 0.1) is 6.92 Å². The Morgan fingerprint density at radius 2 is 1.78 bits per heavy atom. The van der Waals surface area contributed by atoms with Crippen molar-refractivity contribution >= 4 is 33.7 Å². The summed E-state index contributed by atoms with van der Waals surface area (Å²) in [7, 11) is 0. The van der Waals surface area contributed by atoms with Crippen LogP contribution in [0.2, 0.25) is 0 Å². The Morgan fingerprint density at radius 1 is 1.00 bits per heavy atom. The lowest BCUT2D eigenvalue weighted by molar-refractivity contribution is 0.104. The van der Waals surface area contributed by atoms with Gasteiger partial charge in [-0.3, -0.25) is 4.79 Å². The van der Waals surface area contributed by atoms with Crippen LogP contribution in [-0.2, 0) is 6.54 Å². The topological polar surface area (TPSA) is 42.2 Å². The average molecular weight is 355 g/mol. The minimum absolute atomic E-state index is 0.0109. The zero-order chi connectivity index (χ0) is 19.0. The molecule has 4 aromatic rings. The highest BCUT2D eigenvalue weighted by Crippen LogP contribution is 2.30. The van der Waals surface area contributed by atoms with Gasteiger partial charge in [0.2, 0.25) is 0 Å². The summed E-state index contributed by atoms with van der Waals surface area (Å²) in [5.41, 5.74) is 4.64. The molecule has 0 saturated carbocycles. The van der Waals surface area contributed by atoms with Gasteiger partial charge in [0.05, 0.1) is 5.56 Å². The summed E-state index contributed by atoms with van der Waals surface area (Å²) in [6, 6.07) is 19.7. The molecule has 0 aliphatic carbocycles. The summed E-state index contributed by atoms with van der Waals surface area (Å²) in [5, 5.41) is 12.3. The second-order valence-electron chi connectivity index (χ2n) is 6.76. The van der Waals surface area contributed by atoms with Gasteiger partial charge in [-0.15, -0.1) is 0 Å². The standard InChI is InChI=1S/C24H21NO2/c1-3-25-21-7-5-4-6-18(21)19-15-17(9-11-22(19)25)10-13-24(27)20-14-16(2)8-12-23(20)26/h4-15,26H,3H2,1-2H3/b13-10+. The highest BCUT2D eigenvalue weighted by molar-refractivity contribution is 6.10. The fourth-order valence-corrected chi connectivity index (χ4v) is 3.62. The maximum atomic E-state index is 12.5. The zero-order valence-corrected chi connectivity index (χ0v) is 15.4. The van der Waals surface area contributed by atoms with Gasteiger partial charge in [0.1, 0.15) is 5.75 Å². The predicted molar refractivity (Wildman–Crippen MR) is 111 cm³/mol. The maximum absolute atomic E-state index is 12.5. The van der Waals surface area contributed by atoms with Crippen molar-refractivity contribution in [1.29, 1.82) is 0 Å². The van der Waals surface area contributed by atoms with Crippen LogP contribution in [0.4, 0.5) is 0 Å². The first-order valence-electron chi connectivity index (χ1n) is 9.11. The third kappa shape index (κ3) is 3.02. The smallest absolute Gasteiger partial charge is 0.189 e. The van der Waals surface area contributed by atoms with E-state index in [9.17, 15) is 9.90 Å². The van der Waals surface area contributed by atoms with Crippen molar-refractivity contribution in [3.05, 3.63) is 83.4 Å². The van der Waals surface area contributed by atoms with Gasteiger partial charge in [0.15, 0.2) is 5.78 Å².